The predicted molar refractivity (Wildman–Crippen MR) is 69.0 cm³/mol. The molecule has 3 nitrogen and oxygen atoms in total. The first-order chi connectivity index (χ1) is 7.61. The van der Waals surface area contributed by atoms with Crippen LogP contribution in [0.15, 0.2) is 6.07 Å². The van der Waals surface area contributed by atoms with Crippen molar-refractivity contribution in [3.63, 3.8) is 0 Å². The normalized spacial score (nSPS) is 12.5. The maximum atomic E-state index is 5.86. The average Bonchev–Trinajstić information content (AvgIpc) is 2.22. The average molecular weight is 242 g/mol. The van der Waals surface area contributed by atoms with Gasteiger partial charge in [0.05, 0.1) is 0 Å². The number of anilines is 1. The first-order valence-corrected chi connectivity index (χ1v) is 6.24. The van der Waals surface area contributed by atoms with Gasteiger partial charge in [0.1, 0.15) is 16.8 Å². The smallest absolute Gasteiger partial charge is 0.134 e. The van der Waals surface area contributed by atoms with E-state index in [-0.39, 0.29) is 0 Å². The van der Waals surface area contributed by atoms with Gasteiger partial charge in [0.15, 0.2) is 0 Å². The first-order valence-electron chi connectivity index (χ1n) is 5.87. The zero-order valence-corrected chi connectivity index (χ0v) is 11.0. The van der Waals surface area contributed by atoms with Crippen molar-refractivity contribution in [2.45, 2.75) is 40.0 Å². The molecule has 0 amide bonds. The molecular weight excluding hydrogens is 222 g/mol. The zero-order valence-electron chi connectivity index (χ0n) is 10.3. The summed E-state index contributed by atoms with van der Waals surface area (Å²) >= 11 is 5.86. The molecule has 4 heteroatoms. The van der Waals surface area contributed by atoms with Gasteiger partial charge in [-0.2, -0.15) is 0 Å². The molecule has 1 aromatic heterocycles. The summed E-state index contributed by atoms with van der Waals surface area (Å²) in [6.45, 7) is 7.25. The fraction of sp³-hybridized carbons (Fsp3) is 0.667. The molecule has 0 aliphatic rings. The van der Waals surface area contributed by atoms with Gasteiger partial charge >= 0.3 is 0 Å². The SMILES string of the molecule is CCCCC(C)CNc1cc(Cl)nc(C)n1. The van der Waals surface area contributed by atoms with Crippen LogP contribution in [-0.4, -0.2) is 16.5 Å². The van der Waals surface area contributed by atoms with Crippen LogP contribution in [0.3, 0.4) is 0 Å². The van der Waals surface area contributed by atoms with E-state index >= 15 is 0 Å². The van der Waals surface area contributed by atoms with Crippen LogP contribution >= 0.6 is 11.6 Å². The highest BCUT2D eigenvalue weighted by Gasteiger charge is 2.03. The third-order valence-electron chi connectivity index (χ3n) is 2.49. The molecule has 0 fully saturated rings. The lowest BCUT2D eigenvalue weighted by atomic mass is 10.0. The maximum absolute atomic E-state index is 5.86. The van der Waals surface area contributed by atoms with Gasteiger partial charge in [-0.1, -0.05) is 38.3 Å². The number of nitrogens with one attached hydrogen (secondary N) is 1. The molecule has 0 aliphatic carbocycles. The molecule has 0 spiro atoms. The van der Waals surface area contributed by atoms with Crippen molar-refractivity contribution in [2.24, 2.45) is 5.92 Å². The van der Waals surface area contributed by atoms with Crippen LogP contribution in [-0.2, 0) is 0 Å². The molecule has 1 unspecified atom stereocenters. The number of hydrogen-bond acceptors (Lipinski definition) is 3. The Morgan fingerprint density at radius 3 is 2.81 bits per heavy atom. The second-order valence-electron chi connectivity index (χ2n) is 4.25. The third kappa shape index (κ3) is 4.79. The summed E-state index contributed by atoms with van der Waals surface area (Å²) in [5.41, 5.74) is 0. The standard InChI is InChI=1S/C12H20ClN3/c1-4-5-6-9(2)8-14-12-7-11(13)15-10(3)16-12/h7,9H,4-6,8H2,1-3H3,(H,14,15,16). The second kappa shape index (κ2) is 6.69. The number of aromatic nitrogens is 2. The van der Waals surface area contributed by atoms with Gasteiger partial charge in [-0.05, 0) is 19.3 Å². The number of rotatable bonds is 6. The van der Waals surface area contributed by atoms with Gasteiger partial charge < -0.3 is 5.32 Å². The molecule has 0 radical (unpaired) electrons. The van der Waals surface area contributed by atoms with Gasteiger partial charge in [0.2, 0.25) is 0 Å². The van der Waals surface area contributed by atoms with E-state index in [0.717, 1.165) is 12.4 Å². The molecule has 0 aromatic carbocycles. The second-order valence-corrected chi connectivity index (χ2v) is 4.64. The van der Waals surface area contributed by atoms with E-state index in [0.29, 0.717) is 16.9 Å². The largest absolute Gasteiger partial charge is 0.370 e. The number of halogens is 1. The summed E-state index contributed by atoms with van der Waals surface area (Å²) < 4.78 is 0. The summed E-state index contributed by atoms with van der Waals surface area (Å²) in [6, 6.07) is 1.76. The monoisotopic (exact) mass is 241 g/mol. The van der Waals surface area contributed by atoms with E-state index < -0.39 is 0 Å². The summed E-state index contributed by atoms with van der Waals surface area (Å²) in [5.74, 6) is 2.19. The lowest BCUT2D eigenvalue weighted by Crippen LogP contribution is -2.12. The predicted octanol–water partition coefficient (Wildman–Crippen LogP) is 3.68. The van der Waals surface area contributed by atoms with E-state index in [2.05, 4.69) is 29.1 Å². The number of aryl methyl sites for hydroxylation is 1. The summed E-state index contributed by atoms with van der Waals surface area (Å²) in [7, 11) is 0. The van der Waals surface area contributed by atoms with Gasteiger partial charge in [-0.3, -0.25) is 0 Å². The van der Waals surface area contributed by atoms with Crippen LogP contribution in [0.4, 0.5) is 5.82 Å². The van der Waals surface area contributed by atoms with E-state index in [4.69, 9.17) is 11.6 Å². The van der Waals surface area contributed by atoms with Crippen molar-refractivity contribution < 1.29 is 0 Å². The Balaban J connectivity index is 2.41. The minimum Gasteiger partial charge on any atom is -0.370 e. The van der Waals surface area contributed by atoms with E-state index in [1.807, 2.05) is 6.92 Å². The molecule has 0 saturated carbocycles. The van der Waals surface area contributed by atoms with Gasteiger partial charge in [-0.15, -0.1) is 0 Å². The van der Waals surface area contributed by atoms with Crippen LogP contribution in [0.5, 0.6) is 0 Å². The topological polar surface area (TPSA) is 37.8 Å². The Morgan fingerprint density at radius 2 is 2.19 bits per heavy atom. The maximum Gasteiger partial charge on any atom is 0.134 e. The molecule has 1 N–H and O–H groups in total. The molecule has 0 saturated heterocycles. The fourth-order valence-electron chi connectivity index (χ4n) is 1.56. The number of nitrogens with zero attached hydrogens (tertiary/aromatic N) is 2. The molecule has 0 bridgehead atoms. The molecule has 1 heterocycles. The molecule has 90 valence electrons. The Hall–Kier alpha value is -0.830. The molecule has 1 rings (SSSR count). The van der Waals surface area contributed by atoms with Crippen molar-refractivity contribution in [2.75, 3.05) is 11.9 Å². The number of hydrogen-bond donors (Lipinski definition) is 1. The van der Waals surface area contributed by atoms with Crippen LogP contribution < -0.4 is 5.32 Å². The fourth-order valence-corrected chi connectivity index (χ4v) is 1.78. The van der Waals surface area contributed by atoms with Crippen molar-refractivity contribution >= 4 is 17.4 Å². The van der Waals surface area contributed by atoms with Crippen LogP contribution in [0.2, 0.25) is 5.15 Å². The van der Waals surface area contributed by atoms with Crippen molar-refractivity contribution in [1.82, 2.24) is 9.97 Å². The van der Waals surface area contributed by atoms with Gasteiger partial charge in [0.25, 0.3) is 0 Å². The Bertz CT molecular complexity index is 308. The van der Waals surface area contributed by atoms with Crippen molar-refractivity contribution in [3.05, 3.63) is 17.0 Å². The third-order valence-corrected chi connectivity index (χ3v) is 2.68. The summed E-state index contributed by atoms with van der Waals surface area (Å²) in [4.78, 5) is 8.30. The van der Waals surface area contributed by atoms with E-state index in [1.54, 1.807) is 6.07 Å². The van der Waals surface area contributed by atoms with Gasteiger partial charge in [-0.25, -0.2) is 9.97 Å². The minimum atomic E-state index is 0.496. The number of unbranched alkanes of at least 4 members (excludes halogenated alkanes) is 1. The Labute approximate surface area is 103 Å². The lowest BCUT2D eigenvalue weighted by Gasteiger charge is -2.12. The highest BCUT2D eigenvalue weighted by molar-refractivity contribution is 6.29. The quantitative estimate of drug-likeness (QED) is 0.773. The van der Waals surface area contributed by atoms with Crippen LogP contribution in [0.1, 0.15) is 38.9 Å². The van der Waals surface area contributed by atoms with Crippen molar-refractivity contribution in [1.29, 1.82) is 0 Å². The summed E-state index contributed by atoms with van der Waals surface area (Å²) in [5, 5.41) is 3.80. The minimum absolute atomic E-state index is 0.496. The molecular formula is C12H20ClN3. The van der Waals surface area contributed by atoms with E-state index in [9.17, 15) is 0 Å². The van der Waals surface area contributed by atoms with Crippen LogP contribution in [0, 0.1) is 12.8 Å². The summed E-state index contributed by atoms with van der Waals surface area (Å²) in [6.07, 6.45) is 3.79. The molecule has 1 atom stereocenters. The Morgan fingerprint density at radius 1 is 1.44 bits per heavy atom. The van der Waals surface area contributed by atoms with Crippen LogP contribution in [0.25, 0.3) is 0 Å². The van der Waals surface area contributed by atoms with Gasteiger partial charge in [0, 0.05) is 12.6 Å². The molecule has 0 aliphatic heterocycles. The van der Waals surface area contributed by atoms with E-state index in [1.165, 1.54) is 19.3 Å². The zero-order chi connectivity index (χ0) is 12.0. The first kappa shape index (κ1) is 13.2. The highest BCUT2D eigenvalue weighted by Crippen LogP contribution is 2.13. The lowest BCUT2D eigenvalue weighted by molar-refractivity contribution is 0.528. The highest BCUT2D eigenvalue weighted by atomic mass is 35.5. The molecule has 16 heavy (non-hydrogen) atoms. The molecule has 1 aromatic rings. The Kier molecular flexibility index (Phi) is 5.53. The van der Waals surface area contributed by atoms with Crippen molar-refractivity contribution in [3.8, 4) is 0 Å².